The van der Waals surface area contributed by atoms with Crippen LogP contribution in [0, 0.1) is 11.7 Å². The van der Waals surface area contributed by atoms with Crippen LogP contribution in [-0.2, 0) is 11.2 Å². The van der Waals surface area contributed by atoms with Gasteiger partial charge in [-0.3, -0.25) is 14.3 Å². The van der Waals surface area contributed by atoms with Gasteiger partial charge in [-0.25, -0.2) is 14.0 Å². The van der Waals surface area contributed by atoms with E-state index in [0.29, 0.717) is 28.9 Å². The summed E-state index contributed by atoms with van der Waals surface area (Å²) in [6.07, 6.45) is 4.78. The van der Waals surface area contributed by atoms with Crippen LogP contribution in [0.25, 0.3) is 10.9 Å². The minimum atomic E-state index is -0.653. The minimum Gasteiger partial charge on any atom is -0.351 e. The number of anilines is 1. The van der Waals surface area contributed by atoms with Gasteiger partial charge in [0.1, 0.15) is 5.82 Å². The molecule has 3 heterocycles. The predicted molar refractivity (Wildman–Crippen MR) is 116 cm³/mol. The van der Waals surface area contributed by atoms with Crippen molar-refractivity contribution in [2.24, 2.45) is 11.7 Å². The molecular formula is C23H22FN5O3. The van der Waals surface area contributed by atoms with Crippen molar-refractivity contribution >= 4 is 34.4 Å². The number of para-hydroxylation sites is 1. The van der Waals surface area contributed by atoms with E-state index in [0.717, 1.165) is 6.42 Å². The van der Waals surface area contributed by atoms with Gasteiger partial charge < -0.3 is 16.0 Å². The molecule has 1 saturated carbocycles. The predicted octanol–water partition coefficient (Wildman–Crippen LogP) is 3.30. The number of aryl methyl sites for hydroxylation is 1. The molecule has 9 heteroatoms. The molecule has 0 bridgehead atoms. The number of rotatable bonds is 5. The zero-order valence-electron chi connectivity index (χ0n) is 17.2. The number of piperidine rings is 1. The first kappa shape index (κ1) is 20.2. The first-order valence-electron chi connectivity index (χ1n) is 10.6. The number of nitrogens with one attached hydrogen (secondary N) is 1. The molecule has 1 aromatic carbocycles. The van der Waals surface area contributed by atoms with E-state index in [4.69, 9.17) is 5.73 Å². The highest BCUT2D eigenvalue weighted by Crippen LogP contribution is 2.48. The molecule has 1 saturated heterocycles. The SMILES string of the molecule is NC(=O)n1cc(NC(=O)N2C3CC3C[C@H]2C(=O)CCc2ncccc2F)c2ccccc21. The van der Waals surface area contributed by atoms with E-state index in [1.807, 2.05) is 0 Å². The maximum Gasteiger partial charge on any atom is 0.323 e. The second kappa shape index (κ2) is 7.74. The van der Waals surface area contributed by atoms with E-state index in [9.17, 15) is 18.8 Å². The van der Waals surface area contributed by atoms with E-state index in [2.05, 4.69) is 10.3 Å². The number of carbonyl (C=O) groups excluding carboxylic acids is 3. The zero-order valence-corrected chi connectivity index (χ0v) is 17.2. The van der Waals surface area contributed by atoms with Crippen molar-refractivity contribution in [3.05, 3.63) is 60.3 Å². The Morgan fingerprint density at radius 3 is 2.75 bits per heavy atom. The third-order valence-electron chi connectivity index (χ3n) is 6.34. The first-order chi connectivity index (χ1) is 15.4. The van der Waals surface area contributed by atoms with Crippen molar-refractivity contribution in [3.8, 4) is 0 Å². The van der Waals surface area contributed by atoms with Gasteiger partial charge in [0.2, 0.25) is 0 Å². The van der Waals surface area contributed by atoms with Crippen LogP contribution in [0.2, 0.25) is 0 Å². The Balaban J connectivity index is 1.33. The van der Waals surface area contributed by atoms with Crippen molar-refractivity contribution in [1.82, 2.24) is 14.5 Å². The van der Waals surface area contributed by atoms with E-state index in [-0.39, 0.29) is 36.4 Å². The summed E-state index contributed by atoms with van der Waals surface area (Å²) in [5.41, 5.74) is 6.75. The topological polar surface area (TPSA) is 110 Å². The number of hydrogen-bond acceptors (Lipinski definition) is 4. The number of nitrogens with two attached hydrogens (primary N) is 1. The third-order valence-corrected chi connectivity index (χ3v) is 6.34. The van der Waals surface area contributed by atoms with Crippen LogP contribution in [-0.4, -0.2) is 44.4 Å². The summed E-state index contributed by atoms with van der Waals surface area (Å²) in [6, 6.07) is 8.39. The van der Waals surface area contributed by atoms with Gasteiger partial charge in [-0.1, -0.05) is 18.2 Å². The van der Waals surface area contributed by atoms with Gasteiger partial charge in [-0.2, -0.15) is 0 Å². The second-order valence-electron chi connectivity index (χ2n) is 8.32. The smallest absolute Gasteiger partial charge is 0.323 e. The van der Waals surface area contributed by atoms with Crippen LogP contribution in [0.3, 0.4) is 0 Å². The van der Waals surface area contributed by atoms with Crippen molar-refractivity contribution in [1.29, 1.82) is 0 Å². The van der Waals surface area contributed by atoms with E-state index in [1.54, 1.807) is 29.2 Å². The average molecular weight is 435 g/mol. The highest BCUT2D eigenvalue weighted by Gasteiger charge is 2.55. The molecule has 2 aliphatic rings. The summed E-state index contributed by atoms with van der Waals surface area (Å²) < 4.78 is 15.1. The zero-order chi connectivity index (χ0) is 22.4. The van der Waals surface area contributed by atoms with Gasteiger partial charge in [0.05, 0.1) is 22.9 Å². The van der Waals surface area contributed by atoms with E-state index in [1.165, 1.54) is 29.1 Å². The van der Waals surface area contributed by atoms with Crippen LogP contribution >= 0.6 is 0 Å². The summed E-state index contributed by atoms with van der Waals surface area (Å²) >= 11 is 0. The van der Waals surface area contributed by atoms with Crippen LogP contribution in [0.5, 0.6) is 0 Å². The van der Waals surface area contributed by atoms with Crippen LogP contribution in [0.4, 0.5) is 19.7 Å². The van der Waals surface area contributed by atoms with Gasteiger partial charge in [-0.15, -0.1) is 0 Å². The summed E-state index contributed by atoms with van der Waals surface area (Å²) in [6.45, 7) is 0. The van der Waals surface area contributed by atoms with Gasteiger partial charge in [-0.05, 0) is 43.4 Å². The van der Waals surface area contributed by atoms with Gasteiger partial charge in [0.25, 0.3) is 0 Å². The largest absolute Gasteiger partial charge is 0.351 e. The maximum atomic E-state index is 13.8. The van der Waals surface area contributed by atoms with Gasteiger partial charge in [0.15, 0.2) is 5.78 Å². The number of primary amides is 1. The molecule has 1 aliphatic carbocycles. The Hall–Kier alpha value is -3.75. The normalized spacial score (nSPS) is 21.4. The molecule has 0 spiro atoms. The molecule has 2 fully saturated rings. The molecular weight excluding hydrogens is 413 g/mol. The number of halogens is 1. The molecule has 32 heavy (non-hydrogen) atoms. The summed E-state index contributed by atoms with van der Waals surface area (Å²) in [7, 11) is 0. The fourth-order valence-electron chi connectivity index (χ4n) is 4.69. The Labute approximate surface area is 183 Å². The maximum absolute atomic E-state index is 13.8. The highest BCUT2D eigenvalue weighted by atomic mass is 19.1. The summed E-state index contributed by atoms with van der Waals surface area (Å²) in [5, 5.41) is 3.54. The molecule has 1 aliphatic heterocycles. The monoisotopic (exact) mass is 435 g/mol. The van der Waals surface area contributed by atoms with Gasteiger partial charge in [0, 0.05) is 30.2 Å². The van der Waals surface area contributed by atoms with Crippen molar-refractivity contribution < 1.29 is 18.8 Å². The fraction of sp³-hybridized carbons (Fsp3) is 0.304. The number of hydrogen-bond donors (Lipinski definition) is 2. The number of Topliss-reactive ketones (excluding diaryl/α,β-unsaturated/α-hetero) is 1. The van der Waals surface area contributed by atoms with Gasteiger partial charge >= 0.3 is 12.1 Å². The molecule has 2 aromatic heterocycles. The number of benzene rings is 1. The molecule has 0 radical (unpaired) electrons. The summed E-state index contributed by atoms with van der Waals surface area (Å²) in [4.78, 5) is 43.5. The number of fused-ring (bicyclic) bond motifs is 2. The van der Waals surface area contributed by atoms with Crippen molar-refractivity contribution in [3.63, 3.8) is 0 Å². The Morgan fingerprint density at radius 1 is 1.16 bits per heavy atom. The number of aromatic nitrogens is 2. The molecule has 3 N–H and O–H groups in total. The number of ketones is 1. The lowest BCUT2D eigenvalue weighted by Crippen LogP contribution is -2.45. The Kier molecular flexibility index (Phi) is 4.88. The number of urea groups is 1. The molecule has 2 unspecified atom stereocenters. The molecule has 3 atom stereocenters. The summed E-state index contributed by atoms with van der Waals surface area (Å²) in [5.74, 6) is -0.222. The van der Waals surface area contributed by atoms with Crippen molar-refractivity contribution in [2.45, 2.75) is 37.8 Å². The highest BCUT2D eigenvalue weighted by molar-refractivity contribution is 6.05. The number of likely N-dealkylation sites (tertiary alicyclic amines) is 1. The minimum absolute atomic E-state index is 0.0278. The lowest BCUT2D eigenvalue weighted by Gasteiger charge is -2.26. The van der Waals surface area contributed by atoms with Crippen LogP contribution in [0.1, 0.15) is 25.0 Å². The molecule has 3 aromatic rings. The van der Waals surface area contributed by atoms with Crippen molar-refractivity contribution in [2.75, 3.05) is 5.32 Å². The second-order valence-corrected chi connectivity index (χ2v) is 8.32. The Morgan fingerprint density at radius 2 is 1.97 bits per heavy atom. The van der Waals surface area contributed by atoms with E-state index >= 15 is 0 Å². The number of amides is 3. The first-order valence-corrected chi connectivity index (χ1v) is 10.6. The number of nitrogens with zero attached hydrogens (tertiary/aromatic N) is 3. The average Bonchev–Trinajstić information content (AvgIpc) is 3.28. The third kappa shape index (κ3) is 3.49. The van der Waals surface area contributed by atoms with Crippen LogP contribution < -0.4 is 11.1 Å². The fourth-order valence-corrected chi connectivity index (χ4v) is 4.69. The quantitative estimate of drug-likeness (QED) is 0.641. The lowest BCUT2D eigenvalue weighted by molar-refractivity contribution is -0.123. The van der Waals surface area contributed by atoms with Crippen LogP contribution in [0.15, 0.2) is 48.8 Å². The lowest BCUT2D eigenvalue weighted by atomic mass is 10.0. The molecule has 8 nitrogen and oxygen atoms in total. The molecule has 3 amide bonds. The molecule has 164 valence electrons. The standard InChI is InChI=1S/C23H22FN5O3/c24-15-5-3-9-26-16(15)7-8-21(30)20-11-13-10-19(13)29(20)23(32)27-17-12-28(22(25)31)18-6-2-1-4-14(17)18/h1-6,9,12-13,19-20H,7-8,10-11H2,(H2,25,31)(H,27,32)/t13?,19?,20-/m0/s1. The number of carbonyl (C=O) groups is 3. The molecule has 5 rings (SSSR count). The van der Waals surface area contributed by atoms with E-state index < -0.39 is 17.9 Å². The Bertz CT molecular complexity index is 1240. The number of pyridine rings is 1.